The second-order valence-electron chi connectivity index (χ2n) is 5.20. The molecule has 1 heterocycles. The lowest BCUT2D eigenvalue weighted by Gasteiger charge is -2.37. The van der Waals surface area contributed by atoms with Gasteiger partial charge in [0.1, 0.15) is 6.54 Å². The number of nitrogens with one attached hydrogen (secondary N) is 1. The number of rotatable bonds is 4. The highest BCUT2D eigenvalue weighted by molar-refractivity contribution is 5.76. The van der Waals surface area contributed by atoms with Crippen molar-refractivity contribution in [2.24, 2.45) is 0 Å². The summed E-state index contributed by atoms with van der Waals surface area (Å²) < 4.78 is 1.45. The molecule has 1 rings (SSSR count). The van der Waals surface area contributed by atoms with Crippen molar-refractivity contribution in [3.8, 4) is 0 Å². The average Bonchev–Trinajstić information content (AvgIpc) is 2.47. The molecule has 0 aliphatic heterocycles. The first kappa shape index (κ1) is 13.5. The van der Waals surface area contributed by atoms with Crippen LogP contribution in [0.3, 0.4) is 0 Å². The molecule has 1 aromatic heterocycles. The van der Waals surface area contributed by atoms with Gasteiger partial charge in [0.2, 0.25) is 5.91 Å². The smallest absolute Gasteiger partial charge is 0.242 e. The van der Waals surface area contributed by atoms with Gasteiger partial charge < -0.3 is 16.2 Å². The largest absolute Gasteiger partial charge is 0.396 e. The third-order valence-electron chi connectivity index (χ3n) is 2.94. The molecule has 0 radical (unpaired) electrons. The van der Waals surface area contributed by atoms with Gasteiger partial charge in [-0.05, 0) is 27.7 Å². The zero-order valence-corrected chi connectivity index (χ0v) is 10.7. The zero-order chi connectivity index (χ0) is 13.3. The summed E-state index contributed by atoms with van der Waals surface area (Å²) in [6, 6.07) is 0. The number of nitrogen functional groups attached to an aromatic ring is 1. The molecule has 17 heavy (non-hydrogen) atoms. The second-order valence-corrected chi connectivity index (χ2v) is 5.20. The minimum absolute atomic E-state index is 0.0801. The Balaban J connectivity index is 2.62. The van der Waals surface area contributed by atoms with Crippen molar-refractivity contribution in [1.82, 2.24) is 15.1 Å². The van der Waals surface area contributed by atoms with E-state index < -0.39 is 11.1 Å². The number of anilines is 1. The van der Waals surface area contributed by atoms with Crippen molar-refractivity contribution >= 4 is 11.6 Å². The Labute approximate surface area is 101 Å². The van der Waals surface area contributed by atoms with Gasteiger partial charge >= 0.3 is 0 Å². The number of aromatic nitrogens is 2. The first-order valence-electron chi connectivity index (χ1n) is 5.43. The lowest BCUT2D eigenvalue weighted by Crippen LogP contribution is -2.58. The van der Waals surface area contributed by atoms with Crippen LogP contribution in [-0.4, -0.2) is 31.9 Å². The normalized spacial score (nSPS) is 12.5. The molecule has 0 spiro atoms. The zero-order valence-electron chi connectivity index (χ0n) is 10.7. The van der Waals surface area contributed by atoms with Crippen LogP contribution >= 0.6 is 0 Å². The molecule has 6 nitrogen and oxygen atoms in total. The molecule has 96 valence electrons. The first-order chi connectivity index (χ1) is 7.62. The molecule has 0 aliphatic rings. The molecule has 0 aromatic carbocycles. The maximum absolute atomic E-state index is 11.8. The highest BCUT2D eigenvalue weighted by Crippen LogP contribution is 2.20. The number of hydrogen-bond donors (Lipinski definition) is 3. The van der Waals surface area contributed by atoms with E-state index in [1.807, 2.05) is 0 Å². The summed E-state index contributed by atoms with van der Waals surface area (Å²) in [5, 5.41) is 16.6. The summed E-state index contributed by atoms with van der Waals surface area (Å²) in [6.45, 7) is 6.92. The predicted molar refractivity (Wildman–Crippen MR) is 65.2 cm³/mol. The summed E-state index contributed by atoms with van der Waals surface area (Å²) in [6.07, 6.45) is 3.06. The van der Waals surface area contributed by atoms with E-state index in [2.05, 4.69) is 10.4 Å². The molecule has 4 N–H and O–H groups in total. The van der Waals surface area contributed by atoms with Crippen LogP contribution in [0.4, 0.5) is 5.69 Å². The number of carbonyl (C=O) groups is 1. The van der Waals surface area contributed by atoms with Gasteiger partial charge in [0.25, 0.3) is 0 Å². The van der Waals surface area contributed by atoms with Crippen LogP contribution in [0.2, 0.25) is 0 Å². The summed E-state index contributed by atoms with van der Waals surface area (Å²) in [4.78, 5) is 11.8. The fourth-order valence-electron chi connectivity index (χ4n) is 1.15. The van der Waals surface area contributed by atoms with E-state index >= 15 is 0 Å². The molecular weight excluding hydrogens is 220 g/mol. The highest BCUT2D eigenvalue weighted by Gasteiger charge is 2.36. The third-order valence-corrected chi connectivity index (χ3v) is 2.94. The van der Waals surface area contributed by atoms with Gasteiger partial charge in [-0.2, -0.15) is 5.10 Å². The van der Waals surface area contributed by atoms with Crippen LogP contribution in [0.25, 0.3) is 0 Å². The second kappa shape index (κ2) is 4.37. The highest BCUT2D eigenvalue weighted by atomic mass is 16.3. The van der Waals surface area contributed by atoms with E-state index in [0.29, 0.717) is 5.69 Å². The van der Waals surface area contributed by atoms with Gasteiger partial charge in [0.15, 0.2) is 0 Å². The van der Waals surface area contributed by atoms with E-state index in [1.165, 1.54) is 10.9 Å². The topological polar surface area (TPSA) is 93.2 Å². The van der Waals surface area contributed by atoms with Crippen LogP contribution < -0.4 is 11.1 Å². The standard InChI is InChI=1S/C11H20N4O2/c1-10(2,11(3,4)17)14-9(16)7-15-6-8(12)5-13-15/h5-6,17H,7,12H2,1-4H3,(H,14,16). The number of hydrogen-bond acceptors (Lipinski definition) is 4. The number of nitrogens with zero attached hydrogens (tertiary/aromatic N) is 2. The van der Waals surface area contributed by atoms with Gasteiger partial charge in [-0.3, -0.25) is 9.48 Å². The van der Waals surface area contributed by atoms with Gasteiger partial charge in [-0.25, -0.2) is 0 Å². The summed E-state index contributed by atoms with van der Waals surface area (Å²) in [7, 11) is 0. The Bertz CT molecular complexity index is 404. The van der Waals surface area contributed by atoms with Crippen LogP contribution in [0.1, 0.15) is 27.7 Å². The molecule has 1 aromatic rings. The van der Waals surface area contributed by atoms with Gasteiger partial charge in [-0.1, -0.05) is 0 Å². The lowest BCUT2D eigenvalue weighted by atomic mass is 9.86. The predicted octanol–water partition coefficient (Wildman–Crippen LogP) is 0.131. The third kappa shape index (κ3) is 3.45. The van der Waals surface area contributed by atoms with E-state index in [0.717, 1.165) is 0 Å². The van der Waals surface area contributed by atoms with Gasteiger partial charge in [0, 0.05) is 6.20 Å². The first-order valence-corrected chi connectivity index (χ1v) is 5.43. The molecule has 0 atom stereocenters. The monoisotopic (exact) mass is 240 g/mol. The van der Waals surface area contributed by atoms with Crippen molar-refractivity contribution in [2.45, 2.75) is 45.4 Å². The maximum Gasteiger partial charge on any atom is 0.242 e. The van der Waals surface area contributed by atoms with E-state index in [9.17, 15) is 9.90 Å². The molecule has 0 saturated heterocycles. The maximum atomic E-state index is 11.8. The Kier molecular flexibility index (Phi) is 3.47. The van der Waals surface area contributed by atoms with Crippen LogP contribution in [0, 0.1) is 0 Å². The Hall–Kier alpha value is -1.56. The molecule has 6 heteroatoms. The van der Waals surface area contributed by atoms with Crippen LogP contribution in [0.15, 0.2) is 12.4 Å². The SMILES string of the molecule is CC(C)(O)C(C)(C)NC(=O)Cn1cc(N)cn1. The Morgan fingerprint density at radius 2 is 2.12 bits per heavy atom. The quantitative estimate of drug-likeness (QED) is 0.697. The van der Waals surface area contributed by atoms with E-state index in [1.54, 1.807) is 33.9 Å². The van der Waals surface area contributed by atoms with Crippen LogP contribution in [0.5, 0.6) is 0 Å². The Morgan fingerprint density at radius 1 is 1.53 bits per heavy atom. The van der Waals surface area contributed by atoms with Crippen molar-refractivity contribution in [3.63, 3.8) is 0 Å². The molecule has 0 unspecified atom stereocenters. The summed E-state index contributed by atoms with van der Waals surface area (Å²) in [5.74, 6) is -0.222. The fourth-order valence-corrected chi connectivity index (χ4v) is 1.15. The van der Waals surface area contributed by atoms with Crippen molar-refractivity contribution < 1.29 is 9.90 Å². The van der Waals surface area contributed by atoms with Crippen molar-refractivity contribution in [1.29, 1.82) is 0 Å². The number of carbonyl (C=O) groups excluding carboxylic acids is 1. The van der Waals surface area contributed by atoms with Crippen LogP contribution in [-0.2, 0) is 11.3 Å². The summed E-state index contributed by atoms with van der Waals surface area (Å²) >= 11 is 0. The number of aliphatic hydroxyl groups is 1. The summed E-state index contributed by atoms with van der Waals surface area (Å²) in [5.41, 5.74) is 4.28. The van der Waals surface area contributed by atoms with E-state index in [-0.39, 0.29) is 12.5 Å². The van der Waals surface area contributed by atoms with Gasteiger partial charge in [0.05, 0.1) is 23.0 Å². The molecule has 0 fully saturated rings. The lowest BCUT2D eigenvalue weighted by molar-refractivity contribution is -0.126. The molecule has 0 saturated carbocycles. The van der Waals surface area contributed by atoms with E-state index in [4.69, 9.17) is 5.73 Å². The number of amides is 1. The molecule has 0 bridgehead atoms. The molecule has 0 aliphatic carbocycles. The van der Waals surface area contributed by atoms with Crippen molar-refractivity contribution in [2.75, 3.05) is 5.73 Å². The average molecular weight is 240 g/mol. The minimum atomic E-state index is -1.01. The van der Waals surface area contributed by atoms with Gasteiger partial charge in [-0.15, -0.1) is 0 Å². The Morgan fingerprint density at radius 3 is 2.53 bits per heavy atom. The van der Waals surface area contributed by atoms with Crippen molar-refractivity contribution in [3.05, 3.63) is 12.4 Å². The number of nitrogens with two attached hydrogens (primary N) is 1. The fraction of sp³-hybridized carbons (Fsp3) is 0.636. The molecular formula is C11H20N4O2. The molecule has 1 amide bonds. The minimum Gasteiger partial charge on any atom is -0.396 e.